The van der Waals surface area contributed by atoms with Crippen molar-refractivity contribution in [3.05, 3.63) is 29.8 Å². The van der Waals surface area contributed by atoms with E-state index in [1.165, 1.54) is 5.56 Å². The molecule has 78 valence electrons. The van der Waals surface area contributed by atoms with E-state index < -0.39 is 0 Å². The predicted octanol–water partition coefficient (Wildman–Crippen LogP) is 2.75. The minimum absolute atomic E-state index is 0.366. The van der Waals surface area contributed by atoms with E-state index in [0.717, 1.165) is 5.75 Å². The summed E-state index contributed by atoms with van der Waals surface area (Å²) in [5, 5.41) is 3.45. The minimum atomic E-state index is 0.366. The number of methoxy groups -OCH3 is 1. The number of ether oxygens (including phenoxy) is 1. The van der Waals surface area contributed by atoms with Gasteiger partial charge in [-0.1, -0.05) is 26.0 Å². The van der Waals surface area contributed by atoms with Crippen LogP contribution in [0.5, 0.6) is 5.75 Å². The first-order chi connectivity index (χ1) is 6.63. The van der Waals surface area contributed by atoms with E-state index in [9.17, 15) is 0 Å². The van der Waals surface area contributed by atoms with Crippen molar-refractivity contribution in [2.75, 3.05) is 7.11 Å². The van der Waals surface area contributed by atoms with Crippen LogP contribution < -0.4 is 10.1 Å². The molecule has 14 heavy (non-hydrogen) atoms. The van der Waals surface area contributed by atoms with Gasteiger partial charge in [-0.25, -0.2) is 0 Å². The van der Waals surface area contributed by atoms with Crippen molar-refractivity contribution in [2.45, 2.75) is 32.9 Å². The molecule has 0 aromatic heterocycles. The van der Waals surface area contributed by atoms with Gasteiger partial charge in [-0.2, -0.15) is 0 Å². The molecule has 0 saturated carbocycles. The normalized spacial score (nSPS) is 12.9. The first-order valence-electron chi connectivity index (χ1n) is 5.03. The Labute approximate surface area is 86.3 Å². The summed E-state index contributed by atoms with van der Waals surface area (Å²) in [5.74, 6) is 0.917. The summed E-state index contributed by atoms with van der Waals surface area (Å²) in [6.45, 7) is 6.46. The van der Waals surface area contributed by atoms with Gasteiger partial charge >= 0.3 is 0 Å². The first kappa shape index (κ1) is 11.1. The summed E-state index contributed by atoms with van der Waals surface area (Å²) in [4.78, 5) is 0. The zero-order chi connectivity index (χ0) is 10.6. The second kappa shape index (κ2) is 5.01. The molecule has 0 spiro atoms. The van der Waals surface area contributed by atoms with E-state index >= 15 is 0 Å². The molecule has 0 saturated heterocycles. The highest BCUT2D eigenvalue weighted by atomic mass is 16.5. The number of hydrogen-bond acceptors (Lipinski definition) is 2. The van der Waals surface area contributed by atoms with E-state index in [2.05, 4.69) is 38.2 Å². The quantitative estimate of drug-likeness (QED) is 0.794. The van der Waals surface area contributed by atoms with Gasteiger partial charge in [0.1, 0.15) is 5.75 Å². The molecule has 0 radical (unpaired) electrons. The highest BCUT2D eigenvalue weighted by Gasteiger charge is 2.06. The summed E-state index contributed by atoms with van der Waals surface area (Å²) in [5.41, 5.74) is 1.26. The molecule has 0 amide bonds. The summed E-state index contributed by atoms with van der Waals surface area (Å²) >= 11 is 0. The van der Waals surface area contributed by atoms with Gasteiger partial charge < -0.3 is 10.1 Å². The van der Waals surface area contributed by atoms with Gasteiger partial charge in [0.2, 0.25) is 0 Å². The average molecular weight is 193 g/mol. The van der Waals surface area contributed by atoms with Crippen LogP contribution in [0.2, 0.25) is 0 Å². The third-order valence-electron chi connectivity index (χ3n) is 2.18. The lowest BCUT2D eigenvalue weighted by Gasteiger charge is -2.17. The van der Waals surface area contributed by atoms with Crippen molar-refractivity contribution in [2.24, 2.45) is 0 Å². The van der Waals surface area contributed by atoms with Crippen LogP contribution in [0.4, 0.5) is 0 Å². The lowest BCUT2D eigenvalue weighted by molar-refractivity contribution is 0.412. The second-order valence-electron chi connectivity index (χ2n) is 3.82. The van der Waals surface area contributed by atoms with Crippen LogP contribution in [-0.4, -0.2) is 13.2 Å². The van der Waals surface area contributed by atoms with Crippen molar-refractivity contribution < 1.29 is 4.74 Å². The molecule has 1 aromatic carbocycles. The third-order valence-corrected chi connectivity index (χ3v) is 2.18. The van der Waals surface area contributed by atoms with Crippen LogP contribution >= 0.6 is 0 Å². The highest BCUT2D eigenvalue weighted by molar-refractivity contribution is 5.30. The molecule has 1 rings (SSSR count). The van der Waals surface area contributed by atoms with Crippen molar-refractivity contribution in [1.82, 2.24) is 5.32 Å². The summed E-state index contributed by atoms with van der Waals surface area (Å²) < 4.78 is 5.18. The molecule has 0 heterocycles. The molecular formula is C12H19NO. The van der Waals surface area contributed by atoms with Gasteiger partial charge in [0.05, 0.1) is 7.11 Å². The van der Waals surface area contributed by atoms with E-state index in [4.69, 9.17) is 4.74 Å². The molecule has 1 aromatic rings. The average Bonchev–Trinajstić information content (AvgIpc) is 2.17. The fourth-order valence-corrected chi connectivity index (χ4v) is 1.51. The number of benzene rings is 1. The third kappa shape index (κ3) is 3.04. The second-order valence-corrected chi connectivity index (χ2v) is 3.82. The number of nitrogens with one attached hydrogen (secondary N) is 1. The Bertz CT molecular complexity index is 283. The van der Waals surface area contributed by atoms with Gasteiger partial charge in [-0.05, 0) is 24.6 Å². The molecule has 2 heteroatoms. The predicted molar refractivity (Wildman–Crippen MR) is 59.7 cm³/mol. The summed E-state index contributed by atoms with van der Waals surface area (Å²) in [6, 6.07) is 9.03. The monoisotopic (exact) mass is 193 g/mol. The zero-order valence-electron chi connectivity index (χ0n) is 9.37. The molecule has 0 aliphatic carbocycles. The smallest absolute Gasteiger partial charge is 0.119 e. The Balaban J connectivity index is 2.73. The molecule has 0 aliphatic heterocycles. The maximum atomic E-state index is 5.18. The Morgan fingerprint density at radius 1 is 1.21 bits per heavy atom. The minimum Gasteiger partial charge on any atom is -0.497 e. The fourth-order valence-electron chi connectivity index (χ4n) is 1.51. The molecule has 1 atom stereocenters. The Kier molecular flexibility index (Phi) is 3.96. The molecule has 2 nitrogen and oxygen atoms in total. The Hall–Kier alpha value is -1.02. The SMILES string of the molecule is COc1cccc(C(C)NC(C)C)c1. The lowest BCUT2D eigenvalue weighted by Crippen LogP contribution is -2.25. The van der Waals surface area contributed by atoms with Crippen LogP contribution in [0.25, 0.3) is 0 Å². The van der Waals surface area contributed by atoms with E-state index in [-0.39, 0.29) is 0 Å². The molecule has 1 unspecified atom stereocenters. The van der Waals surface area contributed by atoms with Crippen LogP contribution in [0, 0.1) is 0 Å². The topological polar surface area (TPSA) is 21.3 Å². The van der Waals surface area contributed by atoms with E-state index in [1.54, 1.807) is 7.11 Å². The fraction of sp³-hybridized carbons (Fsp3) is 0.500. The first-order valence-corrected chi connectivity index (χ1v) is 5.03. The maximum absolute atomic E-state index is 5.18. The van der Waals surface area contributed by atoms with Gasteiger partial charge in [-0.15, -0.1) is 0 Å². The van der Waals surface area contributed by atoms with E-state index in [0.29, 0.717) is 12.1 Å². The largest absolute Gasteiger partial charge is 0.497 e. The summed E-state index contributed by atoms with van der Waals surface area (Å²) in [7, 11) is 1.69. The maximum Gasteiger partial charge on any atom is 0.119 e. The molecule has 0 aliphatic rings. The molecular weight excluding hydrogens is 174 g/mol. The van der Waals surface area contributed by atoms with Crippen molar-refractivity contribution in [1.29, 1.82) is 0 Å². The molecule has 1 N–H and O–H groups in total. The van der Waals surface area contributed by atoms with Crippen LogP contribution in [0.3, 0.4) is 0 Å². The van der Waals surface area contributed by atoms with Crippen molar-refractivity contribution in [3.63, 3.8) is 0 Å². The van der Waals surface area contributed by atoms with Gasteiger partial charge in [-0.3, -0.25) is 0 Å². The number of rotatable bonds is 4. The van der Waals surface area contributed by atoms with Crippen molar-refractivity contribution >= 4 is 0 Å². The van der Waals surface area contributed by atoms with E-state index in [1.807, 2.05) is 12.1 Å². The van der Waals surface area contributed by atoms with Crippen LogP contribution in [0.1, 0.15) is 32.4 Å². The standard InChI is InChI=1S/C12H19NO/c1-9(2)13-10(3)11-6-5-7-12(8-11)14-4/h5-10,13H,1-4H3. The number of hydrogen-bond donors (Lipinski definition) is 1. The van der Waals surface area contributed by atoms with Gasteiger partial charge in [0, 0.05) is 12.1 Å². The molecule has 0 fully saturated rings. The van der Waals surface area contributed by atoms with Gasteiger partial charge in [0.25, 0.3) is 0 Å². The van der Waals surface area contributed by atoms with Gasteiger partial charge in [0.15, 0.2) is 0 Å². The zero-order valence-corrected chi connectivity index (χ0v) is 9.37. The Morgan fingerprint density at radius 2 is 1.93 bits per heavy atom. The lowest BCUT2D eigenvalue weighted by atomic mass is 10.1. The Morgan fingerprint density at radius 3 is 2.50 bits per heavy atom. The van der Waals surface area contributed by atoms with Crippen molar-refractivity contribution in [3.8, 4) is 5.75 Å². The van der Waals surface area contributed by atoms with Crippen LogP contribution in [-0.2, 0) is 0 Å². The highest BCUT2D eigenvalue weighted by Crippen LogP contribution is 2.18. The molecule has 0 bridgehead atoms. The summed E-state index contributed by atoms with van der Waals surface area (Å²) in [6.07, 6.45) is 0. The van der Waals surface area contributed by atoms with Crippen LogP contribution in [0.15, 0.2) is 24.3 Å².